The van der Waals surface area contributed by atoms with Crippen LogP contribution < -0.4 is 9.64 Å². The number of carbonyl (C=O) groups excluding carboxylic acids is 1. The lowest BCUT2D eigenvalue weighted by molar-refractivity contribution is 0.0678. The SMILES string of the molecule is O=C(c1ccc(OC[C@H]2CCCO2)cc1)N1CCN(c2ccccn2)CC1. The van der Waals surface area contributed by atoms with Gasteiger partial charge in [-0.3, -0.25) is 4.79 Å². The van der Waals surface area contributed by atoms with Gasteiger partial charge in [-0.1, -0.05) is 6.07 Å². The first-order valence-corrected chi connectivity index (χ1v) is 9.59. The first-order valence-electron chi connectivity index (χ1n) is 9.59. The lowest BCUT2D eigenvalue weighted by Crippen LogP contribution is -2.49. The Morgan fingerprint density at radius 1 is 1.11 bits per heavy atom. The van der Waals surface area contributed by atoms with Crippen molar-refractivity contribution in [3.05, 3.63) is 54.2 Å². The van der Waals surface area contributed by atoms with Crippen LogP contribution in [0.4, 0.5) is 5.82 Å². The van der Waals surface area contributed by atoms with Gasteiger partial charge in [0.05, 0.1) is 6.10 Å². The Morgan fingerprint density at radius 3 is 2.59 bits per heavy atom. The van der Waals surface area contributed by atoms with Gasteiger partial charge >= 0.3 is 0 Å². The highest BCUT2D eigenvalue weighted by atomic mass is 16.5. The van der Waals surface area contributed by atoms with Gasteiger partial charge in [0.25, 0.3) is 5.91 Å². The largest absolute Gasteiger partial charge is 0.491 e. The monoisotopic (exact) mass is 367 g/mol. The number of anilines is 1. The second-order valence-corrected chi connectivity index (χ2v) is 6.94. The Labute approximate surface area is 159 Å². The summed E-state index contributed by atoms with van der Waals surface area (Å²) in [6, 6.07) is 13.3. The molecular weight excluding hydrogens is 342 g/mol. The Kier molecular flexibility index (Phi) is 5.53. The van der Waals surface area contributed by atoms with Crippen LogP contribution in [0.3, 0.4) is 0 Å². The molecule has 1 aromatic heterocycles. The minimum Gasteiger partial charge on any atom is -0.491 e. The number of hydrogen-bond donors (Lipinski definition) is 0. The fraction of sp³-hybridized carbons (Fsp3) is 0.429. The van der Waals surface area contributed by atoms with Crippen molar-refractivity contribution in [3.8, 4) is 5.75 Å². The van der Waals surface area contributed by atoms with E-state index in [2.05, 4.69) is 9.88 Å². The minimum atomic E-state index is 0.0707. The molecule has 0 radical (unpaired) electrons. The van der Waals surface area contributed by atoms with E-state index >= 15 is 0 Å². The molecule has 0 bridgehead atoms. The standard InChI is InChI=1S/C21H25N3O3/c25-21(24-13-11-23(12-14-24)20-5-1-2-10-22-20)17-6-8-18(9-7-17)27-16-19-4-3-15-26-19/h1-2,5-10,19H,3-4,11-16H2/t19-/m1/s1. The van der Waals surface area contributed by atoms with Crippen LogP contribution in [0.5, 0.6) is 5.75 Å². The van der Waals surface area contributed by atoms with Gasteiger partial charge in [0.15, 0.2) is 0 Å². The zero-order valence-corrected chi connectivity index (χ0v) is 15.4. The lowest BCUT2D eigenvalue weighted by Gasteiger charge is -2.35. The number of rotatable bonds is 5. The highest BCUT2D eigenvalue weighted by Crippen LogP contribution is 2.18. The molecule has 6 heteroatoms. The average Bonchev–Trinajstić information content (AvgIpc) is 3.27. The van der Waals surface area contributed by atoms with Crippen LogP contribution in [0.25, 0.3) is 0 Å². The van der Waals surface area contributed by atoms with E-state index in [1.807, 2.05) is 47.4 Å². The molecule has 3 heterocycles. The zero-order valence-electron chi connectivity index (χ0n) is 15.4. The van der Waals surface area contributed by atoms with Crippen molar-refractivity contribution in [2.24, 2.45) is 0 Å². The third-order valence-corrected chi connectivity index (χ3v) is 5.10. The van der Waals surface area contributed by atoms with Crippen molar-refractivity contribution in [2.45, 2.75) is 18.9 Å². The molecule has 0 aliphatic carbocycles. The molecule has 4 rings (SSSR count). The summed E-state index contributed by atoms with van der Waals surface area (Å²) >= 11 is 0. The first-order chi connectivity index (χ1) is 13.3. The molecule has 2 fully saturated rings. The minimum absolute atomic E-state index is 0.0707. The van der Waals surface area contributed by atoms with E-state index in [1.165, 1.54) is 0 Å². The molecule has 6 nitrogen and oxygen atoms in total. The number of aromatic nitrogens is 1. The summed E-state index contributed by atoms with van der Waals surface area (Å²) in [5.74, 6) is 1.82. The molecule has 0 spiro atoms. The van der Waals surface area contributed by atoms with E-state index in [9.17, 15) is 4.79 Å². The van der Waals surface area contributed by atoms with Crippen LogP contribution in [-0.4, -0.2) is 61.3 Å². The smallest absolute Gasteiger partial charge is 0.253 e. The number of hydrogen-bond acceptors (Lipinski definition) is 5. The van der Waals surface area contributed by atoms with E-state index in [0.717, 1.165) is 44.1 Å². The first kappa shape index (κ1) is 17.8. The molecule has 0 N–H and O–H groups in total. The van der Waals surface area contributed by atoms with Gasteiger partial charge in [-0.15, -0.1) is 0 Å². The number of pyridine rings is 1. The van der Waals surface area contributed by atoms with E-state index in [-0.39, 0.29) is 12.0 Å². The van der Waals surface area contributed by atoms with Gasteiger partial charge < -0.3 is 19.3 Å². The Morgan fingerprint density at radius 2 is 1.93 bits per heavy atom. The third kappa shape index (κ3) is 4.39. The Balaban J connectivity index is 1.29. The summed E-state index contributed by atoms with van der Waals surface area (Å²) in [7, 11) is 0. The molecule has 2 aliphatic heterocycles. The van der Waals surface area contributed by atoms with Crippen molar-refractivity contribution in [2.75, 3.05) is 44.3 Å². The number of piperazine rings is 1. The fourth-order valence-electron chi connectivity index (χ4n) is 3.52. The molecule has 1 amide bonds. The van der Waals surface area contributed by atoms with Crippen LogP contribution in [0.1, 0.15) is 23.2 Å². The molecule has 1 aromatic carbocycles. The highest BCUT2D eigenvalue weighted by Gasteiger charge is 2.23. The summed E-state index contributed by atoms with van der Waals surface area (Å²) in [6.45, 7) is 4.40. The van der Waals surface area contributed by atoms with Crippen molar-refractivity contribution in [1.29, 1.82) is 0 Å². The maximum atomic E-state index is 12.8. The van der Waals surface area contributed by atoms with Gasteiger partial charge in [0.2, 0.25) is 0 Å². The number of carbonyl (C=O) groups is 1. The summed E-state index contributed by atoms with van der Waals surface area (Å²) in [5.41, 5.74) is 0.700. The van der Waals surface area contributed by atoms with Gasteiger partial charge in [0.1, 0.15) is 18.2 Å². The zero-order chi connectivity index (χ0) is 18.5. The van der Waals surface area contributed by atoms with Gasteiger partial charge in [-0.05, 0) is 49.2 Å². The van der Waals surface area contributed by atoms with Gasteiger partial charge in [-0.25, -0.2) is 4.98 Å². The van der Waals surface area contributed by atoms with Crippen LogP contribution in [0, 0.1) is 0 Å². The predicted octanol–water partition coefficient (Wildman–Crippen LogP) is 2.60. The Bertz CT molecular complexity index is 737. The molecule has 0 unspecified atom stereocenters. The summed E-state index contributed by atoms with van der Waals surface area (Å²) in [5, 5.41) is 0. The second kappa shape index (κ2) is 8.39. The topological polar surface area (TPSA) is 54.9 Å². The van der Waals surface area contributed by atoms with Crippen LogP contribution in [0.2, 0.25) is 0 Å². The van der Waals surface area contributed by atoms with E-state index in [1.54, 1.807) is 6.20 Å². The molecule has 1 atom stereocenters. The number of nitrogens with zero attached hydrogens (tertiary/aromatic N) is 3. The molecule has 2 saturated heterocycles. The molecule has 2 aromatic rings. The number of benzene rings is 1. The molecule has 2 aliphatic rings. The summed E-state index contributed by atoms with van der Waals surface area (Å²) < 4.78 is 11.3. The van der Waals surface area contributed by atoms with Crippen molar-refractivity contribution >= 4 is 11.7 Å². The normalized spacial score (nSPS) is 19.9. The second-order valence-electron chi connectivity index (χ2n) is 6.94. The summed E-state index contributed by atoms with van der Waals surface area (Å²) in [4.78, 5) is 21.3. The maximum absolute atomic E-state index is 12.8. The third-order valence-electron chi connectivity index (χ3n) is 5.10. The van der Waals surface area contributed by atoms with Crippen LogP contribution in [-0.2, 0) is 4.74 Å². The van der Waals surface area contributed by atoms with Gasteiger partial charge in [-0.2, -0.15) is 0 Å². The number of amides is 1. The molecular formula is C21H25N3O3. The predicted molar refractivity (Wildman–Crippen MR) is 103 cm³/mol. The van der Waals surface area contributed by atoms with Gasteiger partial charge in [0, 0.05) is 44.5 Å². The summed E-state index contributed by atoms with van der Waals surface area (Å²) in [6.07, 6.45) is 4.16. The molecule has 0 saturated carbocycles. The van der Waals surface area contributed by atoms with Crippen molar-refractivity contribution in [1.82, 2.24) is 9.88 Å². The maximum Gasteiger partial charge on any atom is 0.253 e. The average molecular weight is 367 g/mol. The molecule has 27 heavy (non-hydrogen) atoms. The van der Waals surface area contributed by atoms with Crippen molar-refractivity contribution in [3.63, 3.8) is 0 Å². The Hall–Kier alpha value is -2.60. The fourth-order valence-corrected chi connectivity index (χ4v) is 3.52. The van der Waals surface area contributed by atoms with Crippen LogP contribution >= 0.6 is 0 Å². The number of ether oxygens (including phenoxy) is 2. The lowest BCUT2D eigenvalue weighted by atomic mass is 10.1. The van der Waals surface area contributed by atoms with Crippen molar-refractivity contribution < 1.29 is 14.3 Å². The quantitative estimate of drug-likeness (QED) is 0.813. The van der Waals surface area contributed by atoms with E-state index in [0.29, 0.717) is 25.3 Å². The van der Waals surface area contributed by atoms with Crippen LogP contribution in [0.15, 0.2) is 48.7 Å². The van der Waals surface area contributed by atoms with E-state index < -0.39 is 0 Å². The molecule has 142 valence electrons. The van der Waals surface area contributed by atoms with E-state index in [4.69, 9.17) is 9.47 Å². The highest BCUT2D eigenvalue weighted by molar-refractivity contribution is 5.94.